The lowest BCUT2D eigenvalue weighted by atomic mass is 9.79. The summed E-state index contributed by atoms with van der Waals surface area (Å²) >= 11 is 0. The van der Waals surface area contributed by atoms with Gasteiger partial charge in [-0.3, -0.25) is 0 Å². The Morgan fingerprint density at radius 3 is 2.23 bits per heavy atom. The van der Waals surface area contributed by atoms with Crippen LogP contribution in [0.5, 0.6) is 0 Å². The van der Waals surface area contributed by atoms with Gasteiger partial charge in [0.2, 0.25) is 0 Å². The second-order valence-corrected chi connectivity index (χ2v) is 5.09. The topological polar surface area (TPSA) is 0 Å². The molecule has 1 fully saturated rings. The molecule has 78 valence electrons. The predicted octanol–water partition coefficient (Wildman–Crippen LogP) is 4.64. The molecular weight excluding hydrogens is 156 g/mol. The van der Waals surface area contributed by atoms with E-state index in [0.717, 1.165) is 17.8 Å². The summed E-state index contributed by atoms with van der Waals surface area (Å²) in [6, 6.07) is 0. The van der Waals surface area contributed by atoms with Crippen LogP contribution >= 0.6 is 0 Å². The number of unbranched alkanes of at least 4 members (excludes halogenated alkanes) is 1. The minimum Gasteiger partial charge on any atom is -0.0654 e. The van der Waals surface area contributed by atoms with Crippen LogP contribution in [-0.4, -0.2) is 0 Å². The van der Waals surface area contributed by atoms with Crippen LogP contribution in [0, 0.1) is 17.8 Å². The zero-order chi connectivity index (χ0) is 9.68. The summed E-state index contributed by atoms with van der Waals surface area (Å²) in [5.74, 6) is 3.02. The fraction of sp³-hybridized carbons (Fsp3) is 1.00. The normalized spacial score (nSPS) is 21.2. The Kier molecular flexibility index (Phi) is 4.83. The van der Waals surface area contributed by atoms with Gasteiger partial charge in [0, 0.05) is 0 Å². The molecule has 0 radical (unpaired) electrons. The maximum absolute atomic E-state index is 2.42. The lowest BCUT2D eigenvalue weighted by molar-refractivity contribution is 0.235. The van der Waals surface area contributed by atoms with Gasteiger partial charge in [-0.05, 0) is 24.2 Å². The van der Waals surface area contributed by atoms with Crippen LogP contribution in [0.1, 0.15) is 65.7 Å². The van der Waals surface area contributed by atoms with Crippen LogP contribution in [0.25, 0.3) is 0 Å². The number of hydrogen-bond acceptors (Lipinski definition) is 0. The van der Waals surface area contributed by atoms with Crippen LogP contribution in [-0.2, 0) is 0 Å². The Bertz CT molecular complexity index is 120. The first kappa shape index (κ1) is 11.1. The summed E-state index contributed by atoms with van der Waals surface area (Å²) in [6.45, 7) is 7.14. The molecule has 0 amide bonds. The monoisotopic (exact) mass is 182 g/mol. The molecule has 0 heterocycles. The van der Waals surface area contributed by atoms with Gasteiger partial charge in [-0.15, -0.1) is 0 Å². The average Bonchev–Trinajstić information content (AvgIpc) is 2.57. The van der Waals surface area contributed by atoms with E-state index in [4.69, 9.17) is 0 Å². The van der Waals surface area contributed by atoms with Crippen molar-refractivity contribution in [1.82, 2.24) is 0 Å². The van der Waals surface area contributed by atoms with Gasteiger partial charge in [-0.25, -0.2) is 0 Å². The van der Waals surface area contributed by atoms with Crippen LogP contribution in [0.15, 0.2) is 0 Å². The van der Waals surface area contributed by atoms with E-state index in [1.807, 2.05) is 0 Å². The predicted molar refractivity (Wildman–Crippen MR) is 59.8 cm³/mol. The van der Waals surface area contributed by atoms with Gasteiger partial charge in [0.15, 0.2) is 0 Å². The number of rotatable bonds is 5. The molecular formula is C13H26. The van der Waals surface area contributed by atoms with E-state index in [9.17, 15) is 0 Å². The SMILES string of the molecule is CCCCC(C(C)C)C1CCCC1. The molecule has 0 spiro atoms. The van der Waals surface area contributed by atoms with Crippen LogP contribution in [0.2, 0.25) is 0 Å². The Morgan fingerprint density at radius 1 is 1.15 bits per heavy atom. The summed E-state index contributed by atoms with van der Waals surface area (Å²) in [6.07, 6.45) is 10.3. The van der Waals surface area contributed by atoms with Crippen LogP contribution < -0.4 is 0 Å². The average molecular weight is 182 g/mol. The van der Waals surface area contributed by atoms with E-state index in [2.05, 4.69) is 20.8 Å². The summed E-state index contributed by atoms with van der Waals surface area (Å²) in [5, 5.41) is 0. The van der Waals surface area contributed by atoms with Crippen molar-refractivity contribution in [2.45, 2.75) is 65.7 Å². The molecule has 1 saturated carbocycles. The third kappa shape index (κ3) is 3.32. The molecule has 1 unspecified atom stereocenters. The Balaban J connectivity index is 2.36. The molecule has 0 aromatic carbocycles. The van der Waals surface area contributed by atoms with E-state index >= 15 is 0 Å². The van der Waals surface area contributed by atoms with Gasteiger partial charge in [0.1, 0.15) is 0 Å². The molecule has 0 bridgehead atoms. The molecule has 0 aromatic rings. The summed E-state index contributed by atoms with van der Waals surface area (Å²) in [5.41, 5.74) is 0. The summed E-state index contributed by atoms with van der Waals surface area (Å²) < 4.78 is 0. The minimum atomic E-state index is 0.912. The van der Waals surface area contributed by atoms with E-state index in [1.54, 1.807) is 0 Å². The first-order valence-electron chi connectivity index (χ1n) is 6.25. The maximum Gasteiger partial charge on any atom is -0.0363 e. The van der Waals surface area contributed by atoms with E-state index in [-0.39, 0.29) is 0 Å². The van der Waals surface area contributed by atoms with Gasteiger partial charge in [-0.2, -0.15) is 0 Å². The lowest BCUT2D eigenvalue weighted by Crippen LogP contribution is -2.17. The van der Waals surface area contributed by atoms with Gasteiger partial charge in [0.05, 0.1) is 0 Å². The standard InChI is InChI=1S/C13H26/c1-4-5-10-13(11(2)3)12-8-6-7-9-12/h11-13H,4-10H2,1-3H3. The molecule has 1 aliphatic rings. The Morgan fingerprint density at radius 2 is 1.77 bits per heavy atom. The largest absolute Gasteiger partial charge is 0.0654 e. The van der Waals surface area contributed by atoms with Crippen LogP contribution in [0.4, 0.5) is 0 Å². The van der Waals surface area contributed by atoms with Crippen molar-refractivity contribution in [1.29, 1.82) is 0 Å². The second kappa shape index (κ2) is 5.67. The van der Waals surface area contributed by atoms with E-state index in [0.29, 0.717) is 0 Å². The number of hydrogen-bond donors (Lipinski definition) is 0. The second-order valence-electron chi connectivity index (χ2n) is 5.09. The Hall–Kier alpha value is 0. The first-order chi connectivity index (χ1) is 6.25. The molecule has 1 aliphatic carbocycles. The highest BCUT2D eigenvalue weighted by Gasteiger charge is 2.26. The zero-order valence-electron chi connectivity index (χ0n) is 9.68. The van der Waals surface area contributed by atoms with Crippen molar-refractivity contribution in [3.8, 4) is 0 Å². The molecule has 1 atom stereocenters. The molecule has 13 heavy (non-hydrogen) atoms. The minimum absolute atomic E-state index is 0.912. The summed E-state index contributed by atoms with van der Waals surface area (Å²) in [4.78, 5) is 0. The van der Waals surface area contributed by atoms with Crippen molar-refractivity contribution in [3.05, 3.63) is 0 Å². The van der Waals surface area contributed by atoms with Crippen molar-refractivity contribution < 1.29 is 0 Å². The lowest BCUT2D eigenvalue weighted by Gasteiger charge is -2.27. The van der Waals surface area contributed by atoms with Gasteiger partial charge in [0.25, 0.3) is 0 Å². The Labute approximate surface area is 84.1 Å². The van der Waals surface area contributed by atoms with Crippen molar-refractivity contribution in [2.24, 2.45) is 17.8 Å². The van der Waals surface area contributed by atoms with Gasteiger partial charge in [-0.1, -0.05) is 59.3 Å². The van der Waals surface area contributed by atoms with Crippen molar-refractivity contribution in [3.63, 3.8) is 0 Å². The van der Waals surface area contributed by atoms with Crippen LogP contribution in [0.3, 0.4) is 0 Å². The van der Waals surface area contributed by atoms with Crippen molar-refractivity contribution >= 4 is 0 Å². The molecule has 0 nitrogen and oxygen atoms in total. The zero-order valence-corrected chi connectivity index (χ0v) is 9.68. The molecule has 1 rings (SSSR count). The molecule has 0 N–H and O–H groups in total. The quantitative estimate of drug-likeness (QED) is 0.581. The molecule has 0 heteroatoms. The van der Waals surface area contributed by atoms with Gasteiger partial charge >= 0.3 is 0 Å². The molecule has 0 saturated heterocycles. The third-order valence-electron chi connectivity index (χ3n) is 3.75. The van der Waals surface area contributed by atoms with Gasteiger partial charge < -0.3 is 0 Å². The van der Waals surface area contributed by atoms with E-state index in [1.165, 1.54) is 44.9 Å². The van der Waals surface area contributed by atoms with Crippen molar-refractivity contribution in [2.75, 3.05) is 0 Å². The third-order valence-corrected chi connectivity index (χ3v) is 3.75. The maximum atomic E-state index is 2.42. The first-order valence-corrected chi connectivity index (χ1v) is 6.25. The fourth-order valence-corrected chi connectivity index (χ4v) is 2.94. The highest BCUT2D eigenvalue weighted by atomic mass is 14.3. The fourth-order valence-electron chi connectivity index (χ4n) is 2.94. The van der Waals surface area contributed by atoms with E-state index < -0.39 is 0 Å². The molecule has 0 aliphatic heterocycles. The molecule has 0 aromatic heterocycles. The highest BCUT2D eigenvalue weighted by Crippen LogP contribution is 2.37. The smallest absolute Gasteiger partial charge is 0.0363 e. The summed E-state index contributed by atoms with van der Waals surface area (Å²) in [7, 11) is 0. The highest BCUT2D eigenvalue weighted by molar-refractivity contribution is 4.77.